The average Bonchev–Trinajstić information content (AvgIpc) is 3.16. The van der Waals surface area contributed by atoms with Gasteiger partial charge in [0.15, 0.2) is 6.61 Å². The Morgan fingerprint density at radius 1 is 1.13 bits per heavy atom. The molecule has 3 N–H and O–H groups in total. The molecule has 0 aliphatic rings. The van der Waals surface area contributed by atoms with Gasteiger partial charge in [-0.2, -0.15) is 0 Å². The number of hydrogen-bond acceptors (Lipinski definition) is 7. The number of carbonyl (C=O) groups is 1. The van der Waals surface area contributed by atoms with Gasteiger partial charge in [-0.15, -0.1) is 5.10 Å². The lowest BCUT2D eigenvalue weighted by atomic mass is 10.2. The van der Waals surface area contributed by atoms with Gasteiger partial charge in [0, 0.05) is 12.3 Å². The minimum Gasteiger partial charge on any atom is -0.484 e. The van der Waals surface area contributed by atoms with Crippen molar-refractivity contribution < 1.29 is 17.9 Å². The Morgan fingerprint density at radius 3 is 2.55 bits per heavy atom. The molecule has 164 valence electrons. The number of nitrogens with zero attached hydrogens (tertiary/aromatic N) is 2. The molecule has 0 saturated carbocycles. The van der Waals surface area contributed by atoms with Crippen LogP contribution in [0, 0.1) is 13.8 Å². The fourth-order valence-electron chi connectivity index (χ4n) is 2.53. The zero-order valence-electron chi connectivity index (χ0n) is 17.1. The molecule has 0 unspecified atom stereocenters. The van der Waals surface area contributed by atoms with E-state index < -0.39 is 10.0 Å². The molecular weight excluding hydrogens is 438 g/mol. The van der Waals surface area contributed by atoms with Gasteiger partial charge in [0.05, 0.1) is 10.6 Å². The summed E-state index contributed by atoms with van der Waals surface area (Å²) in [6.45, 7) is 3.92. The summed E-state index contributed by atoms with van der Waals surface area (Å²) in [5, 5.41) is 10.1. The molecule has 0 spiro atoms. The van der Waals surface area contributed by atoms with Crippen molar-refractivity contribution in [1.29, 1.82) is 0 Å². The molecule has 0 bridgehead atoms. The zero-order valence-corrected chi connectivity index (χ0v) is 18.7. The number of ether oxygens (including phenoxy) is 1. The van der Waals surface area contributed by atoms with Gasteiger partial charge in [0.1, 0.15) is 11.6 Å². The van der Waals surface area contributed by atoms with E-state index in [0.717, 1.165) is 11.4 Å². The number of aromatic amines is 1. The summed E-state index contributed by atoms with van der Waals surface area (Å²) >= 11 is 1.43. The van der Waals surface area contributed by atoms with E-state index >= 15 is 0 Å². The van der Waals surface area contributed by atoms with Crippen LogP contribution in [0.4, 0.5) is 5.69 Å². The molecule has 2 aromatic carbocycles. The third-order valence-corrected chi connectivity index (χ3v) is 6.36. The summed E-state index contributed by atoms with van der Waals surface area (Å²) in [4.78, 5) is 16.2. The van der Waals surface area contributed by atoms with Gasteiger partial charge in [-0.25, -0.2) is 13.4 Å². The Morgan fingerprint density at radius 2 is 1.87 bits per heavy atom. The summed E-state index contributed by atoms with van der Waals surface area (Å²) in [6, 6.07) is 13.0. The molecule has 0 atom stereocenters. The van der Waals surface area contributed by atoms with E-state index in [2.05, 4.69) is 25.2 Å². The molecule has 0 saturated heterocycles. The Bertz CT molecular complexity index is 1130. The van der Waals surface area contributed by atoms with Crippen LogP contribution in [0.3, 0.4) is 0 Å². The van der Waals surface area contributed by atoms with Crippen LogP contribution in [0.1, 0.15) is 11.4 Å². The van der Waals surface area contributed by atoms with E-state index in [1.165, 1.54) is 36.0 Å². The number of para-hydroxylation sites is 1. The Kier molecular flexibility index (Phi) is 7.53. The Labute approximate surface area is 185 Å². The van der Waals surface area contributed by atoms with Crippen LogP contribution in [0.25, 0.3) is 0 Å². The van der Waals surface area contributed by atoms with Crippen LogP contribution in [0.15, 0.2) is 58.6 Å². The van der Waals surface area contributed by atoms with Crippen molar-refractivity contribution in [2.75, 3.05) is 23.6 Å². The minimum atomic E-state index is -3.72. The topological polar surface area (TPSA) is 126 Å². The second-order valence-electron chi connectivity index (χ2n) is 6.58. The van der Waals surface area contributed by atoms with E-state index in [9.17, 15) is 13.2 Å². The van der Waals surface area contributed by atoms with Crippen LogP contribution in [-0.2, 0) is 14.8 Å². The van der Waals surface area contributed by atoms with Gasteiger partial charge in [-0.3, -0.25) is 14.6 Å². The number of aromatic nitrogens is 3. The summed E-state index contributed by atoms with van der Waals surface area (Å²) in [5.74, 6) is 1.49. The molecule has 3 rings (SSSR count). The monoisotopic (exact) mass is 461 g/mol. The lowest BCUT2D eigenvalue weighted by Crippen LogP contribution is -2.30. The summed E-state index contributed by atoms with van der Waals surface area (Å²) in [7, 11) is -3.72. The fraction of sp³-hybridized carbons (Fsp3) is 0.250. The van der Waals surface area contributed by atoms with Gasteiger partial charge in [0.25, 0.3) is 15.9 Å². The van der Waals surface area contributed by atoms with Gasteiger partial charge in [-0.1, -0.05) is 30.0 Å². The van der Waals surface area contributed by atoms with Crippen LogP contribution in [-0.4, -0.2) is 48.4 Å². The smallest absolute Gasteiger partial charge is 0.261 e. The SMILES string of the molecule is Cc1nc(SCCNC(=O)COc2ccc(S(=O)(=O)Nc3ccccc3C)cc2)n[nH]1. The maximum absolute atomic E-state index is 12.6. The average molecular weight is 462 g/mol. The first kappa shape index (κ1) is 22.6. The number of anilines is 1. The number of carbonyl (C=O) groups excluding carboxylic acids is 1. The fourth-order valence-corrected chi connectivity index (χ4v) is 4.35. The highest BCUT2D eigenvalue weighted by Gasteiger charge is 2.15. The molecule has 3 aromatic rings. The van der Waals surface area contributed by atoms with Crippen molar-refractivity contribution in [3.8, 4) is 5.75 Å². The predicted octanol–water partition coefficient (Wildman–Crippen LogP) is 2.51. The van der Waals surface area contributed by atoms with Gasteiger partial charge in [-0.05, 0) is 49.7 Å². The first-order valence-electron chi connectivity index (χ1n) is 9.43. The zero-order chi connectivity index (χ0) is 22.3. The van der Waals surface area contributed by atoms with Crippen LogP contribution in [0.5, 0.6) is 5.75 Å². The van der Waals surface area contributed by atoms with E-state index in [0.29, 0.717) is 28.9 Å². The quantitative estimate of drug-likeness (QED) is 0.313. The van der Waals surface area contributed by atoms with E-state index in [4.69, 9.17) is 4.74 Å². The van der Waals surface area contributed by atoms with Crippen LogP contribution in [0.2, 0.25) is 0 Å². The van der Waals surface area contributed by atoms with E-state index in [1.54, 1.807) is 12.1 Å². The molecule has 0 aliphatic carbocycles. The highest BCUT2D eigenvalue weighted by molar-refractivity contribution is 7.99. The molecule has 1 aromatic heterocycles. The number of amides is 1. The largest absolute Gasteiger partial charge is 0.484 e. The van der Waals surface area contributed by atoms with Gasteiger partial charge in [0.2, 0.25) is 5.16 Å². The number of sulfonamides is 1. The lowest BCUT2D eigenvalue weighted by molar-refractivity contribution is -0.122. The number of benzene rings is 2. The number of rotatable bonds is 10. The van der Waals surface area contributed by atoms with Crippen molar-refractivity contribution in [1.82, 2.24) is 20.5 Å². The van der Waals surface area contributed by atoms with Crippen molar-refractivity contribution in [2.45, 2.75) is 23.9 Å². The molecule has 1 heterocycles. The first-order chi connectivity index (χ1) is 14.8. The summed E-state index contributed by atoms with van der Waals surface area (Å²) in [5.41, 5.74) is 1.35. The molecule has 31 heavy (non-hydrogen) atoms. The molecule has 0 aliphatic heterocycles. The molecule has 9 nitrogen and oxygen atoms in total. The van der Waals surface area contributed by atoms with E-state index in [-0.39, 0.29) is 17.4 Å². The Hall–Kier alpha value is -3.05. The number of aryl methyl sites for hydroxylation is 2. The third-order valence-electron chi connectivity index (χ3n) is 4.13. The standard InChI is InChI=1S/C20H23N5O4S2/c1-14-5-3-4-6-18(14)25-31(27,28)17-9-7-16(8-10-17)29-13-19(26)21-11-12-30-20-22-15(2)23-24-20/h3-10,25H,11-13H2,1-2H3,(H,21,26)(H,22,23,24). The van der Waals surface area contributed by atoms with E-state index in [1.807, 2.05) is 26.0 Å². The number of H-pyrrole nitrogens is 1. The normalized spacial score (nSPS) is 11.2. The highest BCUT2D eigenvalue weighted by atomic mass is 32.2. The van der Waals surface area contributed by atoms with Gasteiger partial charge >= 0.3 is 0 Å². The maximum Gasteiger partial charge on any atom is 0.261 e. The molecule has 1 amide bonds. The van der Waals surface area contributed by atoms with Crippen molar-refractivity contribution >= 4 is 33.4 Å². The second-order valence-corrected chi connectivity index (χ2v) is 9.33. The number of nitrogens with one attached hydrogen (secondary N) is 3. The minimum absolute atomic E-state index is 0.104. The molecule has 0 radical (unpaired) electrons. The lowest BCUT2D eigenvalue weighted by Gasteiger charge is -2.11. The second kappa shape index (κ2) is 10.3. The predicted molar refractivity (Wildman–Crippen MR) is 119 cm³/mol. The number of thioether (sulfide) groups is 1. The van der Waals surface area contributed by atoms with Crippen molar-refractivity contribution in [2.24, 2.45) is 0 Å². The third kappa shape index (κ3) is 6.72. The maximum atomic E-state index is 12.6. The summed E-state index contributed by atoms with van der Waals surface area (Å²) < 4.78 is 33.1. The molecular formula is C20H23N5O4S2. The summed E-state index contributed by atoms with van der Waals surface area (Å²) in [6.07, 6.45) is 0. The number of hydrogen-bond donors (Lipinski definition) is 3. The van der Waals surface area contributed by atoms with Crippen LogP contribution >= 0.6 is 11.8 Å². The Balaban J connectivity index is 1.44. The van der Waals surface area contributed by atoms with Crippen LogP contribution < -0.4 is 14.8 Å². The van der Waals surface area contributed by atoms with Gasteiger partial charge < -0.3 is 10.1 Å². The molecule has 11 heteroatoms. The first-order valence-corrected chi connectivity index (χ1v) is 11.9. The van der Waals surface area contributed by atoms with Crippen molar-refractivity contribution in [3.63, 3.8) is 0 Å². The highest BCUT2D eigenvalue weighted by Crippen LogP contribution is 2.21. The molecule has 0 fully saturated rings. The van der Waals surface area contributed by atoms with Crippen molar-refractivity contribution in [3.05, 3.63) is 59.9 Å².